The number of carbonyl (C=O) groups excluding carboxylic acids is 1. The van der Waals surface area contributed by atoms with Crippen LogP contribution in [0.4, 0.5) is 0 Å². The molecule has 2 aliphatic heterocycles. The van der Waals surface area contributed by atoms with E-state index >= 15 is 0 Å². The maximum Gasteiger partial charge on any atom is 0.229 e. The minimum atomic E-state index is 0.322. The zero-order chi connectivity index (χ0) is 17.2. The van der Waals surface area contributed by atoms with E-state index in [0.29, 0.717) is 17.9 Å². The normalized spacial score (nSPS) is 25.3. The number of rotatable bonds is 7. The van der Waals surface area contributed by atoms with Gasteiger partial charge in [-0.25, -0.2) is 0 Å². The molecule has 3 fully saturated rings. The molecule has 0 N–H and O–H groups in total. The summed E-state index contributed by atoms with van der Waals surface area (Å²) in [6.07, 6.45) is 6.56. The molecule has 7 nitrogen and oxygen atoms in total. The first-order chi connectivity index (χ1) is 12.2. The van der Waals surface area contributed by atoms with E-state index in [1.54, 1.807) is 0 Å². The summed E-state index contributed by atoms with van der Waals surface area (Å²) in [5.74, 6) is 2.50. The summed E-state index contributed by atoms with van der Waals surface area (Å²) in [4.78, 5) is 23.2. The monoisotopic (exact) mass is 347 g/mol. The van der Waals surface area contributed by atoms with Crippen LogP contribution in [-0.2, 0) is 11.3 Å². The molecule has 0 bridgehead atoms. The van der Waals surface area contributed by atoms with Gasteiger partial charge in [-0.2, -0.15) is 4.98 Å². The largest absolute Gasteiger partial charge is 0.341 e. The van der Waals surface area contributed by atoms with Crippen LogP contribution >= 0.6 is 0 Å². The predicted molar refractivity (Wildman–Crippen MR) is 93.0 cm³/mol. The minimum absolute atomic E-state index is 0.322. The van der Waals surface area contributed by atoms with E-state index in [0.717, 1.165) is 63.8 Å². The van der Waals surface area contributed by atoms with E-state index in [-0.39, 0.29) is 0 Å². The van der Waals surface area contributed by atoms with Gasteiger partial charge in [0.15, 0.2) is 5.82 Å². The number of likely N-dealkylation sites (tertiary alicyclic amines) is 2. The van der Waals surface area contributed by atoms with Gasteiger partial charge in [0.2, 0.25) is 11.8 Å². The molecule has 3 aliphatic rings. The maximum absolute atomic E-state index is 11.7. The molecule has 1 aromatic rings. The Morgan fingerprint density at radius 1 is 1.24 bits per heavy atom. The maximum atomic E-state index is 11.7. The van der Waals surface area contributed by atoms with Gasteiger partial charge in [0.25, 0.3) is 0 Å². The highest BCUT2D eigenvalue weighted by molar-refractivity contribution is 5.78. The van der Waals surface area contributed by atoms with Crippen LogP contribution in [0.5, 0.6) is 0 Å². The van der Waals surface area contributed by atoms with Crippen molar-refractivity contribution in [1.82, 2.24) is 24.8 Å². The van der Waals surface area contributed by atoms with E-state index < -0.39 is 0 Å². The smallest absolute Gasteiger partial charge is 0.229 e. The second-order valence-corrected chi connectivity index (χ2v) is 7.82. The lowest BCUT2D eigenvalue weighted by atomic mass is 10.0. The Balaban J connectivity index is 1.25. The van der Waals surface area contributed by atoms with E-state index in [2.05, 4.69) is 27.0 Å². The SMILES string of the molecule is CN(CCN1CCCC1=O)C1CCCN(Cc2noc(C3CC3)n2)C1. The van der Waals surface area contributed by atoms with Crippen LogP contribution in [0.1, 0.15) is 56.2 Å². The number of hydrogen-bond acceptors (Lipinski definition) is 6. The second-order valence-electron chi connectivity index (χ2n) is 7.82. The number of carbonyl (C=O) groups is 1. The molecule has 0 spiro atoms. The molecule has 0 radical (unpaired) electrons. The Bertz CT molecular complexity index is 600. The Hall–Kier alpha value is -1.47. The first kappa shape index (κ1) is 17.0. The van der Waals surface area contributed by atoms with Gasteiger partial charge in [0.05, 0.1) is 6.54 Å². The number of hydrogen-bond donors (Lipinski definition) is 0. The number of likely N-dealkylation sites (N-methyl/N-ethyl adjacent to an activating group) is 1. The van der Waals surface area contributed by atoms with Crippen LogP contribution < -0.4 is 0 Å². The van der Waals surface area contributed by atoms with Crippen molar-refractivity contribution in [3.05, 3.63) is 11.7 Å². The summed E-state index contributed by atoms with van der Waals surface area (Å²) in [5, 5.41) is 4.15. The molecule has 0 aromatic carbocycles. The van der Waals surface area contributed by atoms with E-state index in [4.69, 9.17) is 4.52 Å². The molecule has 1 unspecified atom stereocenters. The van der Waals surface area contributed by atoms with Gasteiger partial charge >= 0.3 is 0 Å². The quantitative estimate of drug-likeness (QED) is 0.744. The fourth-order valence-electron chi connectivity index (χ4n) is 3.96. The molecule has 1 aromatic heterocycles. The van der Waals surface area contributed by atoms with Gasteiger partial charge in [0.1, 0.15) is 0 Å². The summed E-state index contributed by atoms with van der Waals surface area (Å²) in [7, 11) is 2.19. The Kier molecular flexibility index (Phi) is 5.03. The van der Waals surface area contributed by atoms with Crippen LogP contribution in [0.2, 0.25) is 0 Å². The van der Waals surface area contributed by atoms with Crippen LogP contribution in [0.25, 0.3) is 0 Å². The lowest BCUT2D eigenvalue weighted by Gasteiger charge is -2.37. The average Bonchev–Trinajstić information content (AvgIpc) is 3.23. The summed E-state index contributed by atoms with van der Waals surface area (Å²) < 4.78 is 5.37. The summed E-state index contributed by atoms with van der Waals surface area (Å²) in [6, 6.07) is 0.543. The van der Waals surface area contributed by atoms with Crippen LogP contribution in [-0.4, -0.2) is 76.6 Å². The molecule has 1 saturated carbocycles. The number of nitrogens with zero attached hydrogens (tertiary/aromatic N) is 5. The Morgan fingerprint density at radius 2 is 2.12 bits per heavy atom. The molecule has 4 rings (SSSR count). The third-order valence-electron chi connectivity index (χ3n) is 5.77. The van der Waals surface area contributed by atoms with Gasteiger partial charge in [0, 0.05) is 44.6 Å². The van der Waals surface area contributed by atoms with Crippen molar-refractivity contribution >= 4 is 5.91 Å². The Morgan fingerprint density at radius 3 is 2.88 bits per heavy atom. The first-order valence-electron chi connectivity index (χ1n) is 9.72. The topological polar surface area (TPSA) is 65.7 Å². The van der Waals surface area contributed by atoms with Gasteiger partial charge in [-0.15, -0.1) is 0 Å². The van der Waals surface area contributed by atoms with Crippen molar-refractivity contribution in [2.45, 2.75) is 57.0 Å². The summed E-state index contributed by atoms with van der Waals surface area (Å²) in [5.41, 5.74) is 0. The average molecular weight is 347 g/mol. The van der Waals surface area contributed by atoms with Crippen LogP contribution in [0.15, 0.2) is 4.52 Å². The molecule has 1 aliphatic carbocycles. The molecule has 25 heavy (non-hydrogen) atoms. The molecular formula is C18H29N5O2. The number of piperidine rings is 1. The second kappa shape index (κ2) is 7.41. The fourth-order valence-corrected chi connectivity index (χ4v) is 3.96. The Labute approximate surface area is 149 Å². The third kappa shape index (κ3) is 4.20. The third-order valence-corrected chi connectivity index (χ3v) is 5.77. The fraction of sp³-hybridized carbons (Fsp3) is 0.833. The lowest BCUT2D eigenvalue weighted by molar-refractivity contribution is -0.127. The molecule has 7 heteroatoms. The zero-order valence-corrected chi connectivity index (χ0v) is 15.2. The van der Waals surface area contributed by atoms with Crippen molar-refractivity contribution in [3.8, 4) is 0 Å². The molecular weight excluding hydrogens is 318 g/mol. The highest BCUT2D eigenvalue weighted by atomic mass is 16.5. The minimum Gasteiger partial charge on any atom is -0.341 e. The summed E-state index contributed by atoms with van der Waals surface area (Å²) in [6.45, 7) is 5.68. The number of aromatic nitrogens is 2. The van der Waals surface area contributed by atoms with E-state index in [1.165, 1.54) is 25.7 Å². The molecule has 2 saturated heterocycles. The molecule has 1 atom stereocenters. The zero-order valence-electron chi connectivity index (χ0n) is 15.2. The predicted octanol–water partition coefficient (Wildman–Crippen LogP) is 1.47. The van der Waals surface area contributed by atoms with Gasteiger partial charge in [-0.05, 0) is 45.7 Å². The molecule has 3 heterocycles. The standard InChI is InChI=1S/C18H29N5O2/c1-21(10-11-23-9-3-5-17(23)24)15-4-2-8-22(12-15)13-16-19-18(25-20-16)14-6-7-14/h14-15H,2-13H2,1H3. The van der Waals surface area contributed by atoms with Gasteiger partial charge < -0.3 is 14.3 Å². The van der Waals surface area contributed by atoms with Crippen molar-refractivity contribution in [3.63, 3.8) is 0 Å². The highest BCUT2D eigenvalue weighted by Crippen LogP contribution is 2.38. The molecule has 138 valence electrons. The highest BCUT2D eigenvalue weighted by Gasteiger charge is 2.30. The lowest BCUT2D eigenvalue weighted by Crippen LogP contribution is -2.48. The van der Waals surface area contributed by atoms with Crippen LogP contribution in [0, 0.1) is 0 Å². The van der Waals surface area contributed by atoms with Crippen molar-refractivity contribution in [1.29, 1.82) is 0 Å². The van der Waals surface area contributed by atoms with Crippen molar-refractivity contribution in [2.24, 2.45) is 0 Å². The van der Waals surface area contributed by atoms with Crippen LogP contribution in [0.3, 0.4) is 0 Å². The molecule has 1 amide bonds. The van der Waals surface area contributed by atoms with Crippen molar-refractivity contribution in [2.75, 3.05) is 39.8 Å². The number of amides is 1. The van der Waals surface area contributed by atoms with E-state index in [1.807, 2.05) is 4.90 Å². The van der Waals surface area contributed by atoms with Crippen molar-refractivity contribution < 1.29 is 9.32 Å². The van der Waals surface area contributed by atoms with E-state index in [9.17, 15) is 4.79 Å². The van der Waals surface area contributed by atoms with Gasteiger partial charge in [-0.1, -0.05) is 5.16 Å². The first-order valence-corrected chi connectivity index (χ1v) is 9.72. The van der Waals surface area contributed by atoms with Gasteiger partial charge in [-0.3, -0.25) is 9.69 Å². The summed E-state index contributed by atoms with van der Waals surface area (Å²) >= 11 is 0.